The van der Waals surface area contributed by atoms with E-state index in [2.05, 4.69) is 55.4 Å². The first-order valence-corrected chi connectivity index (χ1v) is 10.1. The molecule has 1 fully saturated rings. The van der Waals surface area contributed by atoms with Crippen molar-refractivity contribution in [3.05, 3.63) is 30.2 Å². The Kier molecular flexibility index (Phi) is 8.46. The zero-order chi connectivity index (χ0) is 17.6. The third-order valence-corrected chi connectivity index (χ3v) is 6.13. The first kappa shape index (κ1) is 21.3. The van der Waals surface area contributed by atoms with Crippen molar-refractivity contribution in [2.45, 2.75) is 31.9 Å². The van der Waals surface area contributed by atoms with Crippen molar-refractivity contribution in [2.24, 2.45) is 10.9 Å². The number of guanidine groups is 1. The molecule has 8 heteroatoms. The van der Waals surface area contributed by atoms with E-state index in [1.54, 1.807) is 0 Å². The van der Waals surface area contributed by atoms with Crippen LogP contribution < -0.4 is 5.32 Å². The average molecular weight is 488 g/mol. The number of thioether (sulfide) groups is 1. The Hall–Kier alpha value is -1.03. The van der Waals surface area contributed by atoms with Gasteiger partial charge in [-0.3, -0.25) is 9.39 Å². The number of aryl methyl sites for hydroxylation is 1. The van der Waals surface area contributed by atoms with Crippen molar-refractivity contribution >= 4 is 47.3 Å². The molecule has 0 radical (unpaired) electrons. The first-order valence-electron chi connectivity index (χ1n) is 9.05. The maximum absolute atomic E-state index is 4.48. The molecule has 0 spiro atoms. The fourth-order valence-corrected chi connectivity index (χ4v) is 4.41. The lowest BCUT2D eigenvalue weighted by Gasteiger charge is -2.36. The zero-order valence-electron chi connectivity index (χ0n) is 15.8. The smallest absolute Gasteiger partial charge is 0.193 e. The number of aromatic nitrogens is 3. The van der Waals surface area contributed by atoms with Crippen molar-refractivity contribution in [3.8, 4) is 0 Å². The van der Waals surface area contributed by atoms with Crippen LogP contribution in [0.3, 0.4) is 0 Å². The molecule has 26 heavy (non-hydrogen) atoms. The van der Waals surface area contributed by atoms with Crippen LogP contribution in [0.15, 0.2) is 29.4 Å². The summed E-state index contributed by atoms with van der Waals surface area (Å²) < 4.78 is 2.06. The van der Waals surface area contributed by atoms with E-state index in [1.165, 1.54) is 5.75 Å². The Morgan fingerprint density at radius 1 is 1.38 bits per heavy atom. The van der Waals surface area contributed by atoms with Crippen molar-refractivity contribution < 1.29 is 0 Å². The summed E-state index contributed by atoms with van der Waals surface area (Å²) in [6.45, 7) is 7.66. The molecule has 144 valence electrons. The number of fused-ring (bicyclic) bond motifs is 1. The average Bonchev–Trinajstić information content (AvgIpc) is 3.05. The Morgan fingerprint density at radius 3 is 3.00 bits per heavy atom. The zero-order valence-corrected chi connectivity index (χ0v) is 18.9. The summed E-state index contributed by atoms with van der Waals surface area (Å²) in [5.74, 6) is 3.92. The van der Waals surface area contributed by atoms with Gasteiger partial charge in [0.15, 0.2) is 11.6 Å². The lowest BCUT2D eigenvalue weighted by molar-refractivity contribution is 0.380. The largest absolute Gasteiger partial charge is 0.356 e. The van der Waals surface area contributed by atoms with Gasteiger partial charge >= 0.3 is 0 Å². The second-order valence-electron chi connectivity index (χ2n) is 6.72. The lowest BCUT2D eigenvalue weighted by atomic mass is 10.1. The quantitative estimate of drug-likeness (QED) is 0.304. The summed E-state index contributed by atoms with van der Waals surface area (Å²) in [5, 5.41) is 12.7. The van der Waals surface area contributed by atoms with E-state index in [4.69, 9.17) is 0 Å². The highest BCUT2D eigenvalue weighted by Gasteiger charge is 2.24. The number of hydrogen-bond acceptors (Lipinski definition) is 4. The van der Waals surface area contributed by atoms with Crippen LogP contribution in [-0.4, -0.2) is 63.1 Å². The van der Waals surface area contributed by atoms with Gasteiger partial charge in [-0.2, -0.15) is 11.8 Å². The van der Waals surface area contributed by atoms with Gasteiger partial charge in [0.2, 0.25) is 0 Å². The van der Waals surface area contributed by atoms with Crippen LogP contribution in [-0.2, 0) is 6.42 Å². The third-order valence-electron chi connectivity index (χ3n) is 4.59. The van der Waals surface area contributed by atoms with Crippen LogP contribution in [0.25, 0.3) is 5.65 Å². The fraction of sp³-hybridized carbons (Fsp3) is 0.611. The van der Waals surface area contributed by atoms with Gasteiger partial charge in [-0.1, -0.05) is 19.9 Å². The molecule has 6 nitrogen and oxygen atoms in total. The summed E-state index contributed by atoms with van der Waals surface area (Å²) in [6.07, 6.45) is 3.93. The monoisotopic (exact) mass is 488 g/mol. The van der Waals surface area contributed by atoms with Gasteiger partial charge in [-0.25, -0.2) is 0 Å². The Morgan fingerprint density at radius 2 is 2.23 bits per heavy atom. The lowest BCUT2D eigenvalue weighted by Crippen LogP contribution is -2.49. The molecule has 1 aliphatic rings. The summed E-state index contributed by atoms with van der Waals surface area (Å²) in [4.78, 5) is 6.88. The third kappa shape index (κ3) is 5.25. The first-order chi connectivity index (χ1) is 12.2. The van der Waals surface area contributed by atoms with E-state index in [-0.39, 0.29) is 24.0 Å². The van der Waals surface area contributed by atoms with Gasteiger partial charge in [0, 0.05) is 50.3 Å². The predicted molar refractivity (Wildman–Crippen MR) is 121 cm³/mol. The summed E-state index contributed by atoms with van der Waals surface area (Å²) >= 11 is 2.09. The minimum Gasteiger partial charge on any atom is -0.356 e. The molecule has 0 saturated carbocycles. The van der Waals surface area contributed by atoms with Gasteiger partial charge in [-0.05, 0) is 24.5 Å². The number of pyridine rings is 1. The molecular weight excluding hydrogens is 459 g/mol. The summed E-state index contributed by atoms with van der Waals surface area (Å²) in [5.41, 5.74) is 0.909. The van der Waals surface area contributed by atoms with Crippen molar-refractivity contribution in [1.82, 2.24) is 24.8 Å². The van der Waals surface area contributed by atoms with Crippen molar-refractivity contribution in [2.75, 3.05) is 32.4 Å². The number of halogens is 1. The molecule has 0 bridgehead atoms. The standard InChI is InChI=1S/C18H28N6S.HI/c1-14(2)15-13-23(11-12-25-15)18(19-3)20-9-6-8-17-22-21-16-7-4-5-10-24(16)17;/h4-5,7,10,14-15H,6,8-9,11-13H2,1-3H3,(H,19,20);1H. The molecule has 2 aromatic rings. The topological polar surface area (TPSA) is 57.8 Å². The molecule has 0 aromatic carbocycles. The van der Waals surface area contributed by atoms with E-state index in [0.29, 0.717) is 11.2 Å². The molecule has 0 amide bonds. The van der Waals surface area contributed by atoms with E-state index >= 15 is 0 Å². The van der Waals surface area contributed by atoms with E-state index in [1.807, 2.05) is 31.4 Å². The predicted octanol–water partition coefficient (Wildman–Crippen LogP) is 2.93. The van der Waals surface area contributed by atoms with E-state index < -0.39 is 0 Å². The Balaban J connectivity index is 0.00000243. The van der Waals surface area contributed by atoms with Crippen molar-refractivity contribution in [1.29, 1.82) is 0 Å². The van der Waals surface area contributed by atoms with Crippen molar-refractivity contribution in [3.63, 3.8) is 0 Å². The molecule has 2 aromatic heterocycles. The second kappa shape index (κ2) is 10.3. The minimum atomic E-state index is 0. The molecule has 1 saturated heterocycles. The minimum absolute atomic E-state index is 0. The van der Waals surface area contributed by atoms with Crippen LogP contribution in [0.2, 0.25) is 0 Å². The number of nitrogens with zero attached hydrogens (tertiary/aromatic N) is 5. The van der Waals surface area contributed by atoms with Crippen LogP contribution in [0.5, 0.6) is 0 Å². The molecule has 1 unspecified atom stereocenters. The van der Waals surface area contributed by atoms with Crippen LogP contribution >= 0.6 is 35.7 Å². The SMILES string of the molecule is CN=C(NCCCc1nnc2ccccn12)N1CCSC(C(C)C)C1.I. The number of rotatable bonds is 5. The molecule has 3 heterocycles. The molecule has 0 aliphatic carbocycles. The van der Waals surface area contributed by atoms with Gasteiger partial charge in [0.1, 0.15) is 5.82 Å². The molecular formula is C18H29IN6S. The van der Waals surface area contributed by atoms with E-state index in [9.17, 15) is 0 Å². The van der Waals surface area contributed by atoms with Crippen LogP contribution in [0.4, 0.5) is 0 Å². The normalized spacial score (nSPS) is 18.2. The van der Waals surface area contributed by atoms with E-state index in [0.717, 1.165) is 49.9 Å². The maximum atomic E-state index is 4.48. The number of aliphatic imine (C=N–C) groups is 1. The molecule has 1 atom stereocenters. The van der Waals surface area contributed by atoms with Gasteiger partial charge < -0.3 is 10.2 Å². The molecule has 1 aliphatic heterocycles. The Bertz CT molecular complexity index is 717. The van der Waals surface area contributed by atoms with Gasteiger partial charge in [0.25, 0.3) is 0 Å². The maximum Gasteiger partial charge on any atom is 0.193 e. The molecule has 3 rings (SSSR count). The van der Waals surface area contributed by atoms with Gasteiger partial charge in [0.05, 0.1) is 0 Å². The second-order valence-corrected chi connectivity index (χ2v) is 8.07. The van der Waals surface area contributed by atoms with Gasteiger partial charge in [-0.15, -0.1) is 34.2 Å². The summed E-state index contributed by atoms with van der Waals surface area (Å²) in [6, 6.07) is 5.98. The highest BCUT2D eigenvalue weighted by Crippen LogP contribution is 2.24. The number of hydrogen-bond donors (Lipinski definition) is 1. The fourth-order valence-electron chi connectivity index (χ4n) is 3.11. The van der Waals surface area contributed by atoms with Crippen LogP contribution in [0, 0.1) is 5.92 Å². The van der Waals surface area contributed by atoms with Crippen LogP contribution in [0.1, 0.15) is 26.1 Å². The highest BCUT2D eigenvalue weighted by molar-refractivity contribution is 14.0. The number of nitrogens with one attached hydrogen (secondary N) is 1. The summed E-state index contributed by atoms with van der Waals surface area (Å²) in [7, 11) is 1.88. The molecule has 1 N–H and O–H groups in total. The highest BCUT2D eigenvalue weighted by atomic mass is 127. The Labute approximate surface area is 177 Å².